The third-order valence-corrected chi connectivity index (χ3v) is 6.72. The van der Waals surface area contributed by atoms with Crippen molar-refractivity contribution in [2.75, 3.05) is 31.6 Å². The number of sulfonamides is 1. The molecule has 2 aromatic rings. The zero-order chi connectivity index (χ0) is 19.4. The van der Waals surface area contributed by atoms with Crippen LogP contribution in [0.25, 0.3) is 0 Å². The van der Waals surface area contributed by atoms with Crippen LogP contribution in [0.15, 0.2) is 41.6 Å². The molecule has 0 amide bonds. The molecule has 1 aliphatic heterocycles. The van der Waals surface area contributed by atoms with Crippen LogP contribution in [0.2, 0.25) is 0 Å². The molecule has 0 radical (unpaired) electrons. The molecule has 146 valence electrons. The first-order valence-electron chi connectivity index (χ1n) is 9.20. The summed E-state index contributed by atoms with van der Waals surface area (Å²) in [5.41, 5.74) is 3.11. The number of hydrogen-bond acceptors (Lipinski definition) is 5. The van der Waals surface area contributed by atoms with Crippen molar-refractivity contribution in [2.24, 2.45) is 5.92 Å². The van der Waals surface area contributed by atoms with Gasteiger partial charge < -0.3 is 9.64 Å². The Hall–Kier alpha value is -2.12. The smallest absolute Gasteiger partial charge is 0.244 e. The molecule has 1 N–H and O–H groups in total. The lowest BCUT2D eigenvalue weighted by Crippen LogP contribution is -2.38. The van der Waals surface area contributed by atoms with Crippen LogP contribution in [-0.4, -0.2) is 40.1 Å². The van der Waals surface area contributed by atoms with Crippen LogP contribution in [0.3, 0.4) is 0 Å². The standard InChI is InChI=1S/C20H27N3O3S/c1-15-12-19(26-3)20(13-16(15)2)27(24,25)22-14-17-6-10-23(11-7-17)18-4-8-21-9-5-18/h4-5,8-9,12-13,17,22H,6-7,10-11,14H2,1-3H3. The van der Waals surface area contributed by atoms with Crippen molar-refractivity contribution < 1.29 is 13.2 Å². The quantitative estimate of drug-likeness (QED) is 0.822. The first-order chi connectivity index (χ1) is 12.9. The van der Waals surface area contributed by atoms with Crippen LogP contribution in [0, 0.1) is 19.8 Å². The topological polar surface area (TPSA) is 71.5 Å². The predicted molar refractivity (Wildman–Crippen MR) is 107 cm³/mol. The van der Waals surface area contributed by atoms with Gasteiger partial charge in [-0.05, 0) is 68.0 Å². The second-order valence-corrected chi connectivity index (χ2v) is 8.81. The largest absolute Gasteiger partial charge is 0.495 e. The van der Waals surface area contributed by atoms with E-state index in [1.807, 2.05) is 26.0 Å². The van der Waals surface area contributed by atoms with E-state index in [9.17, 15) is 8.42 Å². The number of methoxy groups -OCH3 is 1. The van der Waals surface area contributed by atoms with Crippen molar-refractivity contribution in [1.82, 2.24) is 9.71 Å². The van der Waals surface area contributed by atoms with Gasteiger partial charge in [0.15, 0.2) is 0 Å². The van der Waals surface area contributed by atoms with Crippen molar-refractivity contribution in [2.45, 2.75) is 31.6 Å². The zero-order valence-electron chi connectivity index (χ0n) is 16.1. The zero-order valence-corrected chi connectivity index (χ0v) is 16.9. The summed E-state index contributed by atoms with van der Waals surface area (Å²) in [5, 5.41) is 0. The highest BCUT2D eigenvalue weighted by molar-refractivity contribution is 7.89. The van der Waals surface area contributed by atoms with Gasteiger partial charge in [0, 0.05) is 37.7 Å². The molecule has 3 rings (SSSR count). The summed E-state index contributed by atoms with van der Waals surface area (Å²) in [6.45, 7) is 6.14. The third-order valence-electron chi connectivity index (χ3n) is 5.27. The number of aryl methyl sites for hydroxylation is 2. The number of nitrogens with zero attached hydrogens (tertiary/aromatic N) is 2. The molecule has 1 fully saturated rings. The maximum atomic E-state index is 12.8. The number of aromatic nitrogens is 1. The summed E-state index contributed by atoms with van der Waals surface area (Å²) in [7, 11) is -2.11. The molecular formula is C20H27N3O3S. The molecule has 1 aliphatic rings. The van der Waals surface area contributed by atoms with Gasteiger partial charge in [-0.1, -0.05) is 0 Å². The minimum Gasteiger partial charge on any atom is -0.495 e. The van der Waals surface area contributed by atoms with E-state index in [0.717, 1.165) is 37.1 Å². The molecule has 2 heterocycles. The van der Waals surface area contributed by atoms with Crippen LogP contribution in [-0.2, 0) is 10.0 Å². The summed E-state index contributed by atoms with van der Waals surface area (Å²) in [5.74, 6) is 0.716. The van der Waals surface area contributed by atoms with Gasteiger partial charge in [-0.3, -0.25) is 4.98 Å². The Bertz CT molecular complexity index is 877. The Labute approximate surface area is 161 Å². The molecule has 7 heteroatoms. The van der Waals surface area contributed by atoms with Gasteiger partial charge >= 0.3 is 0 Å². The minimum atomic E-state index is -3.60. The van der Waals surface area contributed by atoms with E-state index in [2.05, 4.69) is 14.6 Å². The average Bonchev–Trinajstić information content (AvgIpc) is 2.69. The van der Waals surface area contributed by atoms with E-state index < -0.39 is 10.0 Å². The van der Waals surface area contributed by atoms with E-state index in [0.29, 0.717) is 18.2 Å². The summed E-state index contributed by atoms with van der Waals surface area (Å²) < 4.78 is 33.7. The van der Waals surface area contributed by atoms with Crippen LogP contribution in [0.4, 0.5) is 5.69 Å². The number of hydrogen-bond donors (Lipinski definition) is 1. The first kappa shape index (κ1) is 19.6. The summed E-state index contributed by atoms with van der Waals surface area (Å²) in [4.78, 5) is 6.58. The molecule has 6 nitrogen and oxygen atoms in total. The van der Waals surface area contributed by atoms with Gasteiger partial charge in [-0.2, -0.15) is 0 Å². The summed E-state index contributed by atoms with van der Waals surface area (Å²) in [6.07, 6.45) is 5.50. The Morgan fingerprint density at radius 3 is 2.41 bits per heavy atom. The molecule has 0 unspecified atom stereocenters. The fraction of sp³-hybridized carbons (Fsp3) is 0.450. The highest BCUT2D eigenvalue weighted by Crippen LogP contribution is 2.28. The second kappa shape index (κ2) is 8.27. The van der Waals surface area contributed by atoms with Crippen LogP contribution in [0.1, 0.15) is 24.0 Å². The molecule has 0 saturated carbocycles. The summed E-state index contributed by atoms with van der Waals surface area (Å²) in [6, 6.07) is 7.48. The molecule has 0 atom stereocenters. The van der Waals surface area contributed by atoms with Crippen LogP contribution >= 0.6 is 0 Å². The van der Waals surface area contributed by atoms with E-state index in [1.54, 1.807) is 24.5 Å². The summed E-state index contributed by atoms with van der Waals surface area (Å²) >= 11 is 0. The molecule has 0 spiro atoms. The van der Waals surface area contributed by atoms with Gasteiger partial charge in [0.2, 0.25) is 10.0 Å². The molecule has 0 bridgehead atoms. The first-order valence-corrected chi connectivity index (χ1v) is 10.7. The molecule has 27 heavy (non-hydrogen) atoms. The number of ether oxygens (including phenoxy) is 1. The van der Waals surface area contributed by atoms with E-state index in [1.165, 1.54) is 12.8 Å². The lowest BCUT2D eigenvalue weighted by atomic mass is 9.97. The molecule has 0 aliphatic carbocycles. The van der Waals surface area contributed by atoms with Crippen molar-refractivity contribution in [1.29, 1.82) is 0 Å². The van der Waals surface area contributed by atoms with Gasteiger partial charge in [-0.15, -0.1) is 0 Å². The van der Waals surface area contributed by atoms with E-state index in [4.69, 9.17) is 4.74 Å². The van der Waals surface area contributed by atoms with E-state index in [-0.39, 0.29) is 4.90 Å². The van der Waals surface area contributed by atoms with E-state index >= 15 is 0 Å². The molecular weight excluding hydrogens is 362 g/mol. The predicted octanol–water partition coefficient (Wildman–Crippen LogP) is 2.90. The number of nitrogens with one attached hydrogen (secondary N) is 1. The minimum absolute atomic E-state index is 0.210. The fourth-order valence-electron chi connectivity index (χ4n) is 3.39. The number of pyridine rings is 1. The number of piperidine rings is 1. The van der Waals surface area contributed by atoms with Crippen molar-refractivity contribution in [3.63, 3.8) is 0 Å². The van der Waals surface area contributed by atoms with Gasteiger partial charge in [0.1, 0.15) is 10.6 Å². The normalized spacial score (nSPS) is 15.7. The number of benzene rings is 1. The highest BCUT2D eigenvalue weighted by Gasteiger charge is 2.24. The fourth-order valence-corrected chi connectivity index (χ4v) is 4.74. The van der Waals surface area contributed by atoms with Crippen LogP contribution in [0.5, 0.6) is 5.75 Å². The SMILES string of the molecule is COc1cc(C)c(C)cc1S(=O)(=O)NCC1CCN(c2ccncc2)CC1. The third kappa shape index (κ3) is 4.59. The highest BCUT2D eigenvalue weighted by atomic mass is 32.2. The Kier molecular flexibility index (Phi) is 6.01. The Morgan fingerprint density at radius 1 is 1.15 bits per heavy atom. The lowest BCUT2D eigenvalue weighted by Gasteiger charge is -2.33. The number of rotatable bonds is 6. The van der Waals surface area contributed by atoms with Crippen molar-refractivity contribution in [3.8, 4) is 5.75 Å². The Morgan fingerprint density at radius 2 is 1.78 bits per heavy atom. The maximum Gasteiger partial charge on any atom is 0.244 e. The van der Waals surface area contributed by atoms with Gasteiger partial charge in [0.25, 0.3) is 0 Å². The maximum absolute atomic E-state index is 12.8. The van der Waals surface area contributed by atoms with Gasteiger partial charge in [0.05, 0.1) is 7.11 Å². The van der Waals surface area contributed by atoms with Crippen LogP contribution < -0.4 is 14.4 Å². The number of anilines is 1. The molecule has 1 aromatic carbocycles. The Balaban J connectivity index is 1.61. The van der Waals surface area contributed by atoms with Crippen molar-refractivity contribution >= 4 is 15.7 Å². The molecule has 1 saturated heterocycles. The van der Waals surface area contributed by atoms with Crippen molar-refractivity contribution in [3.05, 3.63) is 47.8 Å². The molecule has 1 aromatic heterocycles. The average molecular weight is 390 g/mol. The monoisotopic (exact) mass is 389 g/mol. The van der Waals surface area contributed by atoms with Gasteiger partial charge in [-0.25, -0.2) is 13.1 Å². The lowest BCUT2D eigenvalue weighted by molar-refractivity contribution is 0.395. The second-order valence-electron chi connectivity index (χ2n) is 7.08.